The number of aliphatic carboxylic acids is 1. The normalized spacial score (nSPS) is 12.3. The lowest BCUT2D eigenvalue weighted by molar-refractivity contribution is -0.147. The smallest absolute Gasteiger partial charge is 0.347 e. The minimum absolute atomic E-state index is 0.335. The Hall–Kier alpha value is -2.50. The van der Waals surface area contributed by atoms with Gasteiger partial charge in [0.1, 0.15) is 5.75 Å². The number of carboxylic acid groups (broad SMARTS) is 1. The lowest BCUT2D eigenvalue weighted by Crippen LogP contribution is -2.21. The Morgan fingerprint density at radius 1 is 1.11 bits per heavy atom. The summed E-state index contributed by atoms with van der Waals surface area (Å²) >= 11 is 0. The van der Waals surface area contributed by atoms with Crippen LogP contribution in [0.2, 0.25) is 0 Å². The van der Waals surface area contributed by atoms with E-state index >= 15 is 0 Å². The molecule has 0 fully saturated rings. The monoisotopic (exact) mass is 377 g/mol. The first-order valence-electron chi connectivity index (χ1n) is 9.61. The molecule has 0 aromatic heterocycles. The summed E-state index contributed by atoms with van der Waals surface area (Å²) in [5, 5.41) is 12.0. The molecule has 0 aliphatic carbocycles. The van der Waals surface area contributed by atoms with Gasteiger partial charge in [-0.15, -0.1) is 0 Å². The molecule has 0 saturated heterocycles. The van der Waals surface area contributed by atoms with E-state index in [1.165, 1.54) is 25.7 Å². The first kappa shape index (κ1) is 22.5. The van der Waals surface area contributed by atoms with Crippen molar-refractivity contribution in [1.82, 2.24) is 0 Å². The zero-order chi connectivity index (χ0) is 20.1. The zero-order valence-corrected chi connectivity index (χ0v) is 16.5. The van der Waals surface area contributed by atoms with Gasteiger partial charge >= 0.3 is 11.9 Å². The summed E-state index contributed by atoms with van der Waals surface area (Å²) < 4.78 is 10.7. The van der Waals surface area contributed by atoms with Crippen molar-refractivity contribution in [2.75, 3.05) is 11.9 Å². The minimum Gasteiger partial charge on any atom is -0.494 e. The molecule has 0 aliphatic rings. The summed E-state index contributed by atoms with van der Waals surface area (Å²) in [4.78, 5) is 23.2. The molecule has 27 heavy (non-hydrogen) atoms. The van der Waals surface area contributed by atoms with E-state index in [1.54, 1.807) is 31.2 Å². The van der Waals surface area contributed by atoms with Crippen LogP contribution in [0, 0.1) is 0 Å². The molecule has 1 rings (SSSR count). The molecule has 2 N–H and O–H groups in total. The van der Waals surface area contributed by atoms with Crippen molar-refractivity contribution in [3.8, 4) is 5.75 Å². The van der Waals surface area contributed by atoms with Crippen molar-refractivity contribution in [2.45, 2.75) is 65.4 Å². The first-order chi connectivity index (χ1) is 13.0. The number of carbonyl (C=O) groups excluding carboxylic acids is 1. The lowest BCUT2D eigenvalue weighted by Gasteiger charge is -2.11. The third-order valence-electron chi connectivity index (χ3n) is 4.09. The Bertz CT molecular complexity index is 610. The van der Waals surface area contributed by atoms with E-state index in [9.17, 15) is 14.7 Å². The van der Waals surface area contributed by atoms with Crippen molar-refractivity contribution < 1.29 is 24.2 Å². The van der Waals surface area contributed by atoms with Crippen molar-refractivity contribution >= 4 is 17.6 Å². The quantitative estimate of drug-likeness (QED) is 0.169. The van der Waals surface area contributed by atoms with Crippen molar-refractivity contribution in [3.05, 3.63) is 36.0 Å². The third-order valence-corrected chi connectivity index (χ3v) is 4.09. The highest BCUT2D eigenvalue weighted by Crippen LogP contribution is 2.17. The highest BCUT2D eigenvalue weighted by Gasteiger charge is 2.20. The van der Waals surface area contributed by atoms with Gasteiger partial charge < -0.3 is 19.9 Å². The highest BCUT2D eigenvalue weighted by atomic mass is 16.5. The largest absolute Gasteiger partial charge is 0.494 e. The van der Waals surface area contributed by atoms with Gasteiger partial charge in [0.15, 0.2) is 5.57 Å². The van der Waals surface area contributed by atoms with E-state index in [4.69, 9.17) is 9.47 Å². The summed E-state index contributed by atoms with van der Waals surface area (Å²) in [6.07, 6.45) is 7.35. The Balaban J connectivity index is 2.53. The second kappa shape index (κ2) is 12.8. The molecule has 0 amide bonds. The molecule has 1 aromatic rings. The second-order valence-corrected chi connectivity index (χ2v) is 6.42. The maximum atomic E-state index is 11.9. The van der Waals surface area contributed by atoms with Gasteiger partial charge in [-0.05, 0) is 44.0 Å². The van der Waals surface area contributed by atoms with Crippen LogP contribution in [-0.2, 0) is 14.3 Å². The predicted molar refractivity (Wildman–Crippen MR) is 106 cm³/mol. The molecule has 1 unspecified atom stereocenters. The molecule has 0 bridgehead atoms. The van der Waals surface area contributed by atoms with Crippen LogP contribution in [0.15, 0.2) is 36.0 Å². The van der Waals surface area contributed by atoms with Crippen LogP contribution >= 0.6 is 0 Å². The van der Waals surface area contributed by atoms with Gasteiger partial charge in [0.05, 0.1) is 12.7 Å². The summed E-state index contributed by atoms with van der Waals surface area (Å²) in [6, 6.07) is 7.14. The van der Waals surface area contributed by atoms with Crippen LogP contribution in [-0.4, -0.2) is 29.8 Å². The topological polar surface area (TPSA) is 84.9 Å². The summed E-state index contributed by atoms with van der Waals surface area (Å²) in [5.41, 5.74) is 0.211. The van der Waals surface area contributed by atoms with Crippen LogP contribution in [0.3, 0.4) is 0 Å². The van der Waals surface area contributed by atoms with E-state index < -0.39 is 17.5 Å². The zero-order valence-electron chi connectivity index (χ0n) is 16.5. The van der Waals surface area contributed by atoms with Gasteiger partial charge in [0.2, 0.25) is 0 Å². The number of hydrogen-bond acceptors (Lipinski definition) is 5. The Morgan fingerprint density at radius 2 is 1.78 bits per heavy atom. The van der Waals surface area contributed by atoms with Gasteiger partial charge in [-0.2, -0.15) is 0 Å². The molecule has 0 spiro atoms. The van der Waals surface area contributed by atoms with Gasteiger partial charge in [-0.3, -0.25) is 0 Å². The number of nitrogens with one attached hydrogen (secondary N) is 1. The van der Waals surface area contributed by atoms with Crippen molar-refractivity contribution in [1.29, 1.82) is 0 Å². The molecule has 1 atom stereocenters. The van der Waals surface area contributed by atoms with Gasteiger partial charge in [0, 0.05) is 11.9 Å². The first-order valence-corrected chi connectivity index (χ1v) is 9.61. The van der Waals surface area contributed by atoms with Crippen LogP contribution in [0.25, 0.3) is 0 Å². The number of benzene rings is 1. The maximum absolute atomic E-state index is 11.9. The average molecular weight is 377 g/mol. The van der Waals surface area contributed by atoms with E-state index in [-0.39, 0.29) is 6.10 Å². The fraction of sp³-hybridized carbons (Fsp3) is 0.524. The summed E-state index contributed by atoms with van der Waals surface area (Å²) in [7, 11) is 0. The molecule has 0 aliphatic heterocycles. The minimum atomic E-state index is -1.33. The number of esters is 1. The molecular weight excluding hydrogens is 346 g/mol. The van der Waals surface area contributed by atoms with Crippen LogP contribution in [0.5, 0.6) is 5.75 Å². The van der Waals surface area contributed by atoms with E-state index in [0.717, 1.165) is 18.4 Å². The van der Waals surface area contributed by atoms with Crippen LogP contribution in [0.1, 0.15) is 59.3 Å². The predicted octanol–water partition coefficient (Wildman–Crippen LogP) is 4.76. The van der Waals surface area contributed by atoms with E-state index in [0.29, 0.717) is 18.7 Å². The van der Waals surface area contributed by atoms with Gasteiger partial charge in [-0.25, -0.2) is 9.59 Å². The molecule has 150 valence electrons. The molecule has 0 radical (unpaired) electrons. The highest BCUT2D eigenvalue weighted by molar-refractivity contribution is 6.13. The van der Waals surface area contributed by atoms with Gasteiger partial charge in [-0.1, -0.05) is 39.5 Å². The fourth-order valence-corrected chi connectivity index (χ4v) is 2.24. The molecule has 6 nitrogen and oxygen atoms in total. The SMILES string of the molecule is CCCCCCCOc1ccc(NC=C(C(=O)O)C(=O)OC(C)CC)cc1. The van der Waals surface area contributed by atoms with E-state index in [2.05, 4.69) is 12.2 Å². The number of ether oxygens (including phenoxy) is 2. The Morgan fingerprint density at radius 3 is 2.37 bits per heavy atom. The van der Waals surface area contributed by atoms with Gasteiger partial charge in [0.25, 0.3) is 0 Å². The summed E-state index contributed by atoms with van der Waals surface area (Å²) in [6.45, 7) is 6.44. The van der Waals surface area contributed by atoms with Crippen LogP contribution < -0.4 is 10.1 Å². The second-order valence-electron chi connectivity index (χ2n) is 6.42. The number of unbranched alkanes of at least 4 members (excludes halogenated alkanes) is 4. The average Bonchev–Trinajstić information content (AvgIpc) is 2.65. The number of anilines is 1. The third kappa shape index (κ3) is 9.13. The number of carbonyl (C=O) groups is 2. The molecule has 1 aromatic carbocycles. The molecule has 6 heteroatoms. The molecular formula is C21H31NO5. The van der Waals surface area contributed by atoms with Crippen molar-refractivity contribution in [2.24, 2.45) is 0 Å². The van der Waals surface area contributed by atoms with Crippen molar-refractivity contribution in [3.63, 3.8) is 0 Å². The number of hydrogen-bond donors (Lipinski definition) is 2. The van der Waals surface area contributed by atoms with E-state index in [1.807, 2.05) is 6.92 Å². The Kier molecular flexibility index (Phi) is 10.7. The molecule has 0 heterocycles. The Labute approximate surface area is 161 Å². The summed E-state index contributed by atoms with van der Waals surface area (Å²) in [5.74, 6) is -1.43. The maximum Gasteiger partial charge on any atom is 0.347 e. The number of rotatable bonds is 13. The van der Waals surface area contributed by atoms with Crippen LogP contribution in [0.4, 0.5) is 5.69 Å². The standard InChI is InChI=1S/C21H31NO5/c1-4-6-7-8-9-14-26-18-12-10-17(11-13-18)22-15-19(20(23)24)21(25)27-16(3)5-2/h10-13,15-16,22H,4-9,14H2,1-3H3,(H,23,24). The number of carboxylic acids is 1. The fourth-order valence-electron chi connectivity index (χ4n) is 2.24. The molecule has 0 saturated carbocycles. The lowest BCUT2D eigenvalue weighted by atomic mass is 10.2.